The summed E-state index contributed by atoms with van der Waals surface area (Å²) in [5, 5.41) is 16.3. The van der Waals surface area contributed by atoms with Crippen LogP contribution >= 0.6 is 11.3 Å². The molecule has 1 aliphatic rings. The van der Waals surface area contributed by atoms with E-state index in [0.717, 1.165) is 16.3 Å². The van der Waals surface area contributed by atoms with Gasteiger partial charge in [-0.1, -0.05) is 12.1 Å². The SMILES string of the molecule is O=C(CN1C(=O)COc2ccc(-c3csc(-c4ccccn4)n3)cc21)Nc1cccc([N+](=O)[O-])c1. The van der Waals surface area contributed by atoms with Gasteiger partial charge in [0.05, 0.1) is 22.0 Å². The number of nitro benzene ring substituents is 1. The Kier molecular flexibility index (Phi) is 5.90. The van der Waals surface area contributed by atoms with Crippen LogP contribution in [0, 0.1) is 10.1 Å². The van der Waals surface area contributed by atoms with E-state index in [-0.39, 0.29) is 30.4 Å². The summed E-state index contributed by atoms with van der Waals surface area (Å²) in [6.07, 6.45) is 1.70. The number of aromatic nitrogens is 2. The Balaban J connectivity index is 1.39. The predicted octanol–water partition coefficient (Wildman–Crippen LogP) is 4.14. The first-order chi connectivity index (χ1) is 17.0. The number of nitro groups is 1. The number of rotatable bonds is 6. The number of carbonyl (C=O) groups excluding carboxylic acids is 2. The minimum atomic E-state index is -0.545. The lowest BCUT2D eigenvalue weighted by atomic mass is 10.1. The Morgan fingerprint density at radius 3 is 2.83 bits per heavy atom. The number of amides is 2. The van der Waals surface area contributed by atoms with Crippen molar-refractivity contribution in [2.24, 2.45) is 0 Å². The molecule has 0 spiro atoms. The van der Waals surface area contributed by atoms with E-state index in [2.05, 4.69) is 15.3 Å². The van der Waals surface area contributed by atoms with Crippen molar-refractivity contribution >= 4 is 40.2 Å². The molecule has 2 aromatic carbocycles. The molecule has 11 heteroatoms. The largest absolute Gasteiger partial charge is 0.482 e. The molecule has 0 unspecified atom stereocenters. The molecule has 0 aliphatic carbocycles. The first kappa shape index (κ1) is 22.2. The van der Waals surface area contributed by atoms with Gasteiger partial charge in [-0.05, 0) is 36.4 Å². The van der Waals surface area contributed by atoms with E-state index in [1.807, 2.05) is 29.6 Å². The molecule has 4 aromatic rings. The molecular weight excluding hydrogens is 470 g/mol. The molecule has 0 atom stereocenters. The molecular formula is C24H17N5O5S. The third-order valence-electron chi connectivity index (χ3n) is 5.23. The minimum absolute atomic E-state index is 0.145. The molecule has 174 valence electrons. The zero-order valence-electron chi connectivity index (χ0n) is 18.1. The van der Waals surface area contributed by atoms with Gasteiger partial charge in [0.1, 0.15) is 17.3 Å². The van der Waals surface area contributed by atoms with Gasteiger partial charge in [0, 0.05) is 35.0 Å². The van der Waals surface area contributed by atoms with Crippen molar-refractivity contribution in [3.8, 4) is 27.7 Å². The number of hydrogen-bond donors (Lipinski definition) is 1. The van der Waals surface area contributed by atoms with E-state index >= 15 is 0 Å². The second kappa shape index (κ2) is 9.31. The summed E-state index contributed by atoms with van der Waals surface area (Å²) in [5.74, 6) is -0.406. The van der Waals surface area contributed by atoms with E-state index in [9.17, 15) is 19.7 Å². The van der Waals surface area contributed by atoms with Gasteiger partial charge in [0.25, 0.3) is 11.6 Å². The number of carbonyl (C=O) groups is 2. The van der Waals surface area contributed by atoms with Crippen molar-refractivity contribution in [3.63, 3.8) is 0 Å². The average molecular weight is 487 g/mol. The topological polar surface area (TPSA) is 128 Å². The second-order valence-electron chi connectivity index (χ2n) is 7.56. The Morgan fingerprint density at radius 1 is 1.14 bits per heavy atom. The zero-order chi connectivity index (χ0) is 24.4. The highest BCUT2D eigenvalue weighted by Gasteiger charge is 2.28. The van der Waals surface area contributed by atoms with Gasteiger partial charge in [-0.25, -0.2) is 4.98 Å². The van der Waals surface area contributed by atoms with Crippen LogP contribution in [0.1, 0.15) is 0 Å². The lowest BCUT2D eigenvalue weighted by Crippen LogP contribution is -2.43. The smallest absolute Gasteiger partial charge is 0.271 e. The molecule has 0 saturated carbocycles. The Hall–Kier alpha value is -4.64. The van der Waals surface area contributed by atoms with Crippen LogP contribution in [-0.4, -0.2) is 39.9 Å². The Bertz CT molecular complexity index is 1440. The fraction of sp³-hybridized carbons (Fsp3) is 0.0833. The summed E-state index contributed by atoms with van der Waals surface area (Å²) in [6.45, 7) is -0.478. The summed E-state index contributed by atoms with van der Waals surface area (Å²) >= 11 is 1.45. The number of ether oxygens (including phenoxy) is 1. The number of non-ortho nitro benzene ring substituents is 1. The highest BCUT2D eigenvalue weighted by atomic mass is 32.1. The number of nitrogens with zero attached hydrogens (tertiary/aromatic N) is 4. The van der Waals surface area contributed by atoms with Crippen LogP contribution in [0.2, 0.25) is 0 Å². The van der Waals surface area contributed by atoms with Crippen LogP contribution < -0.4 is 15.0 Å². The van der Waals surface area contributed by atoms with E-state index < -0.39 is 10.8 Å². The van der Waals surface area contributed by atoms with Crippen LogP contribution in [0.5, 0.6) is 5.75 Å². The van der Waals surface area contributed by atoms with Gasteiger partial charge in [-0.2, -0.15) is 0 Å². The maximum absolute atomic E-state index is 12.7. The fourth-order valence-electron chi connectivity index (χ4n) is 3.59. The molecule has 2 amide bonds. The summed E-state index contributed by atoms with van der Waals surface area (Å²) in [4.78, 5) is 46.1. The van der Waals surface area contributed by atoms with Crippen LogP contribution in [0.25, 0.3) is 22.0 Å². The van der Waals surface area contributed by atoms with E-state index in [4.69, 9.17) is 4.74 Å². The van der Waals surface area contributed by atoms with E-state index in [1.54, 1.807) is 24.4 Å². The van der Waals surface area contributed by atoms with Crippen LogP contribution in [0.3, 0.4) is 0 Å². The fourth-order valence-corrected chi connectivity index (χ4v) is 4.39. The lowest BCUT2D eigenvalue weighted by molar-refractivity contribution is -0.384. The highest BCUT2D eigenvalue weighted by molar-refractivity contribution is 7.13. The number of hydrogen-bond acceptors (Lipinski definition) is 8. The molecule has 1 N–H and O–H groups in total. The summed E-state index contributed by atoms with van der Waals surface area (Å²) in [7, 11) is 0. The lowest BCUT2D eigenvalue weighted by Gasteiger charge is -2.29. The van der Waals surface area contributed by atoms with Gasteiger partial charge < -0.3 is 10.1 Å². The van der Waals surface area contributed by atoms with Crippen LogP contribution in [0.4, 0.5) is 17.1 Å². The third-order valence-corrected chi connectivity index (χ3v) is 6.09. The second-order valence-corrected chi connectivity index (χ2v) is 8.42. The first-order valence-corrected chi connectivity index (χ1v) is 11.3. The molecule has 1 aliphatic heterocycles. The molecule has 0 saturated heterocycles. The average Bonchev–Trinajstić information content (AvgIpc) is 3.37. The molecule has 35 heavy (non-hydrogen) atoms. The van der Waals surface area contributed by atoms with Gasteiger partial charge in [0.2, 0.25) is 5.91 Å². The van der Waals surface area contributed by atoms with Gasteiger partial charge in [-0.3, -0.25) is 29.6 Å². The number of nitrogens with one attached hydrogen (secondary N) is 1. The highest BCUT2D eigenvalue weighted by Crippen LogP contribution is 2.37. The number of pyridine rings is 1. The minimum Gasteiger partial charge on any atom is -0.482 e. The Morgan fingerprint density at radius 2 is 2.03 bits per heavy atom. The molecule has 2 aromatic heterocycles. The summed E-state index contributed by atoms with van der Waals surface area (Å²) < 4.78 is 5.55. The molecule has 0 bridgehead atoms. The number of fused-ring (bicyclic) bond motifs is 1. The van der Waals surface area contributed by atoms with Crippen molar-refractivity contribution in [2.75, 3.05) is 23.4 Å². The number of thiazole rings is 1. The molecule has 10 nitrogen and oxygen atoms in total. The maximum atomic E-state index is 12.7. The quantitative estimate of drug-likeness (QED) is 0.320. The van der Waals surface area contributed by atoms with Gasteiger partial charge >= 0.3 is 0 Å². The standard InChI is InChI=1S/C24H17N5O5S/c30-22(26-16-4-3-5-17(11-16)29(32)33)12-28-20-10-15(7-8-21(20)34-13-23(28)31)19-14-35-24(27-19)18-6-1-2-9-25-18/h1-11,14H,12-13H2,(H,26,30). The maximum Gasteiger partial charge on any atom is 0.271 e. The van der Waals surface area contributed by atoms with Crippen molar-refractivity contribution in [2.45, 2.75) is 0 Å². The predicted molar refractivity (Wildman–Crippen MR) is 130 cm³/mol. The van der Waals surface area contributed by atoms with Crippen molar-refractivity contribution in [1.82, 2.24) is 9.97 Å². The summed E-state index contributed by atoms with van der Waals surface area (Å²) in [6, 6.07) is 16.5. The molecule has 0 fully saturated rings. The molecule has 0 radical (unpaired) electrons. The van der Waals surface area contributed by atoms with Crippen LogP contribution in [-0.2, 0) is 9.59 Å². The van der Waals surface area contributed by atoms with Crippen molar-refractivity contribution in [3.05, 3.63) is 82.4 Å². The van der Waals surface area contributed by atoms with E-state index in [0.29, 0.717) is 17.1 Å². The van der Waals surface area contributed by atoms with Gasteiger partial charge in [0.15, 0.2) is 6.61 Å². The van der Waals surface area contributed by atoms with Crippen molar-refractivity contribution in [1.29, 1.82) is 0 Å². The number of anilines is 2. The van der Waals surface area contributed by atoms with E-state index in [1.165, 1.54) is 34.4 Å². The monoisotopic (exact) mass is 487 g/mol. The van der Waals surface area contributed by atoms with Crippen molar-refractivity contribution < 1.29 is 19.2 Å². The molecule has 3 heterocycles. The summed E-state index contributed by atoms with van der Waals surface area (Å²) in [5.41, 5.74) is 2.79. The normalized spacial score (nSPS) is 12.6. The first-order valence-electron chi connectivity index (χ1n) is 10.5. The Labute approximate surface area is 203 Å². The van der Waals surface area contributed by atoms with Gasteiger partial charge in [-0.15, -0.1) is 11.3 Å². The zero-order valence-corrected chi connectivity index (χ0v) is 18.9. The molecule has 5 rings (SSSR count). The number of benzene rings is 2. The third kappa shape index (κ3) is 4.70. The van der Waals surface area contributed by atoms with Crippen LogP contribution in [0.15, 0.2) is 72.2 Å².